The number of hydrogen-bond acceptors (Lipinski definition) is 4. The summed E-state index contributed by atoms with van der Waals surface area (Å²) < 4.78 is 4.89. The molecular formula is C12H16O4. The molecule has 1 N–H and O–H groups in total. The lowest BCUT2D eigenvalue weighted by molar-refractivity contribution is -0.110. The van der Waals surface area contributed by atoms with Gasteiger partial charge in [0, 0.05) is 12.0 Å². The van der Waals surface area contributed by atoms with E-state index < -0.39 is 5.63 Å². The molecule has 0 amide bonds. The monoisotopic (exact) mass is 224 g/mol. The number of aryl methyl sites for hydroxylation is 1. The zero-order valence-corrected chi connectivity index (χ0v) is 9.53. The molecule has 0 bridgehead atoms. The van der Waals surface area contributed by atoms with Crippen molar-refractivity contribution in [3.05, 3.63) is 27.8 Å². The van der Waals surface area contributed by atoms with Gasteiger partial charge in [-0.3, -0.25) is 0 Å². The topological polar surface area (TPSA) is 67.5 Å². The Balaban J connectivity index is 2.67. The quantitative estimate of drug-likeness (QED) is 0.774. The molecule has 1 aromatic heterocycles. The summed E-state index contributed by atoms with van der Waals surface area (Å²) in [7, 11) is 0. The van der Waals surface area contributed by atoms with Gasteiger partial charge in [0.2, 0.25) is 0 Å². The van der Waals surface area contributed by atoms with E-state index in [0.717, 1.165) is 6.29 Å². The SMILES string of the molecule is Cc1cc(O)c(CCCC(C)C=O)c(=O)o1. The van der Waals surface area contributed by atoms with E-state index in [9.17, 15) is 14.7 Å². The smallest absolute Gasteiger partial charge is 0.342 e. The van der Waals surface area contributed by atoms with Crippen molar-refractivity contribution in [1.82, 2.24) is 0 Å². The Kier molecular flexibility index (Phi) is 4.28. The Morgan fingerprint density at radius 1 is 1.56 bits per heavy atom. The zero-order chi connectivity index (χ0) is 12.1. The van der Waals surface area contributed by atoms with Crippen LogP contribution in [0.2, 0.25) is 0 Å². The summed E-state index contributed by atoms with van der Waals surface area (Å²) in [6, 6.07) is 1.43. The van der Waals surface area contributed by atoms with Crippen molar-refractivity contribution in [3.63, 3.8) is 0 Å². The first kappa shape index (κ1) is 12.5. The van der Waals surface area contributed by atoms with Crippen molar-refractivity contribution in [2.24, 2.45) is 5.92 Å². The van der Waals surface area contributed by atoms with Gasteiger partial charge in [-0.25, -0.2) is 4.79 Å². The van der Waals surface area contributed by atoms with E-state index >= 15 is 0 Å². The molecule has 0 radical (unpaired) electrons. The fourth-order valence-corrected chi connectivity index (χ4v) is 1.52. The van der Waals surface area contributed by atoms with Gasteiger partial charge < -0.3 is 14.3 Å². The molecule has 1 rings (SSSR count). The summed E-state index contributed by atoms with van der Waals surface area (Å²) in [5.74, 6) is 0.361. The standard InChI is InChI=1S/C12H16O4/c1-8(7-13)4-3-5-10-11(14)6-9(2)16-12(10)15/h6-8,14H,3-5H2,1-2H3. The van der Waals surface area contributed by atoms with Crippen LogP contribution in [0.3, 0.4) is 0 Å². The zero-order valence-electron chi connectivity index (χ0n) is 9.53. The minimum atomic E-state index is -0.490. The lowest BCUT2D eigenvalue weighted by Crippen LogP contribution is -2.09. The highest BCUT2D eigenvalue weighted by Gasteiger charge is 2.10. The van der Waals surface area contributed by atoms with E-state index in [1.54, 1.807) is 6.92 Å². The molecule has 4 nitrogen and oxygen atoms in total. The van der Waals surface area contributed by atoms with E-state index in [4.69, 9.17) is 4.42 Å². The van der Waals surface area contributed by atoms with Crippen LogP contribution >= 0.6 is 0 Å². The number of carbonyl (C=O) groups is 1. The maximum Gasteiger partial charge on any atom is 0.342 e. The van der Waals surface area contributed by atoms with Gasteiger partial charge in [0.05, 0.1) is 5.56 Å². The summed E-state index contributed by atoms with van der Waals surface area (Å²) in [5.41, 5.74) is -0.194. The van der Waals surface area contributed by atoms with E-state index in [2.05, 4.69) is 0 Å². The van der Waals surface area contributed by atoms with E-state index in [0.29, 0.717) is 30.6 Å². The summed E-state index contributed by atoms with van der Waals surface area (Å²) in [6.07, 6.45) is 2.71. The van der Waals surface area contributed by atoms with Gasteiger partial charge in [0.1, 0.15) is 17.8 Å². The fourth-order valence-electron chi connectivity index (χ4n) is 1.52. The molecule has 0 aliphatic carbocycles. The Morgan fingerprint density at radius 3 is 2.81 bits per heavy atom. The van der Waals surface area contributed by atoms with Crippen molar-refractivity contribution in [1.29, 1.82) is 0 Å². The lowest BCUT2D eigenvalue weighted by atomic mass is 10.0. The van der Waals surface area contributed by atoms with Crippen LogP contribution in [-0.2, 0) is 11.2 Å². The average molecular weight is 224 g/mol. The van der Waals surface area contributed by atoms with Crippen LogP contribution in [0, 0.1) is 12.8 Å². The van der Waals surface area contributed by atoms with Gasteiger partial charge >= 0.3 is 5.63 Å². The number of aldehydes is 1. The normalized spacial score (nSPS) is 12.4. The Bertz CT molecular complexity index is 420. The minimum Gasteiger partial charge on any atom is -0.507 e. The highest BCUT2D eigenvalue weighted by molar-refractivity contribution is 5.52. The molecule has 0 saturated carbocycles. The second-order valence-corrected chi connectivity index (χ2v) is 4.01. The van der Waals surface area contributed by atoms with Gasteiger partial charge in [-0.1, -0.05) is 6.92 Å². The molecule has 4 heteroatoms. The molecule has 0 spiro atoms. The highest BCUT2D eigenvalue weighted by Crippen LogP contribution is 2.17. The molecule has 0 aromatic carbocycles. The predicted octanol–water partition coefficient (Wildman–Crippen LogP) is 1.81. The third kappa shape index (κ3) is 3.22. The second kappa shape index (κ2) is 5.49. The molecule has 0 saturated heterocycles. The van der Waals surface area contributed by atoms with Crippen LogP contribution in [0.25, 0.3) is 0 Å². The molecule has 1 heterocycles. The van der Waals surface area contributed by atoms with Gasteiger partial charge in [-0.2, -0.15) is 0 Å². The number of carbonyl (C=O) groups excluding carboxylic acids is 1. The van der Waals surface area contributed by atoms with E-state index in [-0.39, 0.29) is 11.7 Å². The summed E-state index contributed by atoms with van der Waals surface area (Å²) >= 11 is 0. The minimum absolute atomic E-state index is 0.0142. The Hall–Kier alpha value is -1.58. The third-order valence-corrected chi connectivity index (χ3v) is 2.47. The van der Waals surface area contributed by atoms with Crippen LogP contribution < -0.4 is 5.63 Å². The maximum atomic E-state index is 11.4. The molecule has 0 fully saturated rings. The van der Waals surface area contributed by atoms with Crippen LogP contribution in [0.4, 0.5) is 0 Å². The molecule has 1 unspecified atom stereocenters. The first-order valence-electron chi connectivity index (χ1n) is 5.32. The summed E-state index contributed by atoms with van der Waals surface area (Å²) in [6.45, 7) is 3.43. The molecule has 0 aliphatic heterocycles. The van der Waals surface area contributed by atoms with Gasteiger partial charge in [-0.15, -0.1) is 0 Å². The van der Waals surface area contributed by atoms with Crippen LogP contribution in [0.5, 0.6) is 5.75 Å². The fraction of sp³-hybridized carbons (Fsp3) is 0.500. The van der Waals surface area contributed by atoms with Crippen molar-refractivity contribution < 1.29 is 14.3 Å². The lowest BCUT2D eigenvalue weighted by Gasteiger charge is -2.05. The van der Waals surface area contributed by atoms with Crippen molar-refractivity contribution in [3.8, 4) is 5.75 Å². The number of rotatable bonds is 5. The van der Waals surface area contributed by atoms with Gasteiger partial charge in [0.25, 0.3) is 0 Å². The van der Waals surface area contributed by atoms with Crippen LogP contribution in [0.15, 0.2) is 15.3 Å². The Morgan fingerprint density at radius 2 is 2.25 bits per heavy atom. The van der Waals surface area contributed by atoms with Crippen LogP contribution in [-0.4, -0.2) is 11.4 Å². The maximum absolute atomic E-state index is 11.4. The molecule has 88 valence electrons. The highest BCUT2D eigenvalue weighted by atomic mass is 16.4. The largest absolute Gasteiger partial charge is 0.507 e. The van der Waals surface area contributed by atoms with E-state index in [1.165, 1.54) is 6.07 Å². The summed E-state index contributed by atoms with van der Waals surface area (Å²) in [5, 5.41) is 9.57. The third-order valence-electron chi connectivity index (χ3n) is 2.47. The van der Waals surface area contributed by atoms with Crippen LogP contribution in [0.1, 0.15) is 31.1 Å². The molecule has 1 aromatic rings. The second-order valence-electron chi connectivity index (χ2n) is 4.01. The van der Waals surface area contributed by atoms with Crippen molar-refractivity contribution in [2.75, 3.05) is 0 Å². The number of aromatic hydroxyl groups is 1. The van der Waals surface area contributed by atoms with Crippen molar-refractivity contribution >= 4 is 6.29 Å². The predicted molar refractivity (Wildman–Crippen MR) is 59.5 cm³/mol. The van der Waals surface area contributed by atoms with Gasteiger partial charge in [0.15, 0.2) is 0 Å². The average Bonchev–Trinajstić information content (AvgIpc) is 2.21. The molecule has 16 heavy (non-hydrogen) atoms. The van der Waals surface area contributed by atoms with E-state index in [1.807, 2.05) is 6.92 Å². The van der Waals surface area contributed by atoms with Gasteiger partial charge in [-0.05, 0) is 26.2 Å². The summed E-state index contributed by atoms with van der Waals surface area (Å²) in [4.78, 5) is 21.8. The molecular weight excluding hydrogens is 208 g/mol. The first-order valence-corrected chi connectivity index (χ1v) is 5.32. The number of hydrogen-bond donors (Lipinski definition) is 1. The molecule has 1 atom stereocenters. The molecule has 0 aliphatic rings. The first-order chi connectivity index (χ1) is 7.54. The van der Waals surface area contributed by atoms with Crippen molar-refractivity contribution in [2.45, 2.75) is 33.1 Å². The Labute approximate surface area is 93.9 Å².